The van der Waals surface area contributed by atoms with Gasteiger partial charge in [0.05, 0.1) is 11.2 Å². The lowest BCUT2D eigenvalue weighted by atomic mass is 9.97. The summed E-state index contributed by atoms with van der Waals surface area (Å²) in [5, 5.41) is 2.37. The van der Waals surface area contributed by atoms with Gasteiger partial charge < -0.3 is 25.3 Å². The summed E-state index contributed by atoms with van der Waals surface area (Å²) in [6.07, 6.45) is -3.92. The average molecular weight is 549 g/mol. The van der Waals surface area contributed by atoms with E-state index < -0.39 is 65.0 Å². The number of nitrogens with zero attached hydrogens (tertiary/aromatic N) is 1. The maximum atomic E-state index is 15.5. The summed E-state index contributed by atoms with van der Waals surface area (Å²) in [6, 6.07) is 6.88. The number of ether oxygens (including phenoxy) is 3. The second kappa shape index (κ2) is 11.3. The number of primary amides is 1. The number of rotatable bonds is 7. The van der Waals surface area contributed by atoms with E-state index in [1.54, 1.807) is 20.8 Å². The Hall–Kier alpha value is -4.79. The molecule has 2 amide bonds. The van der Waals surface area contributed by atoms with Crippen LogP contribution in [0.4, 0.5) is 23.2 Å². The molecule has 1 aromatic heterocycles. The number of aromatic nitrogens is 1. The fourth-order valence-corrected chi connectivity index (χ4v) is 3.02. The molecular formula is C27H23F4N3O5. The fourth-order valence-electron chi connectivity index (χ4n) is 3.02. The van der Waals surface area contributed by atoms with Gasteiger partial charge in [0.2, 0.25) is 0 Å². The van der Waals surface area contributed by atoms with E-state index in [9.17, 15) is 22.8 Å². The maximum Gasteiger partial charge on any atom is 0.573 e. The highest BCUT2D eigenvalue weighted by molar-refractivity contribution is 6.07. The number of nitrogens with one attached hydrogen (secondary N) is 1. The molecule has 1 heterocycles. The predicted molar refractivity (Wildman–Crippen MR) is 133 cm³/mol. The zero-order valence-corrected chi connectivity index (χ0v) is 20.7. The summed E-state index contributed by atoms with van der Waals surface area (Å²) in [4.78, 5) is 28.4. The van der Waals surface area contributed by atoms with Crippen molar-refractivity contribution >= 4 is 17.5 Å². The lowest BCUT2D eigenvalue weighted by Gasteiger charge is -2.16. The molecule has 0 unspecified atom stereocenters. The molecule has 3 rings (SSSR count). The van der Waals surface area contributed by atoms with Crippen LogP contribution in [0.15, 0.2) is 48.7 Å². The number of hydrogen-bond donors (Lipinski definition) is 2. The molecular weight excluding hydrogens is 522 g/mol. The molecule has 12 heteroatoms. The van der Waals surface area contributed by atoms with E-state index in [-0.39, 0.29) is 16.9 Å². The Morgan fingerprint density at radius 2 is 1.79 bits per heavy atom. The summed E-state index contributed by atoms with van der Waals surface area (Å²) in [5.74, 6) is 0.0297. The Bertz CT molecular complexity index is 1580. The maximum absolute atomic E-state index is 15.5. The highest BCUT2D eigenvalue weighted by Gasteiger charge is 2.31. The molecule has 204 valence electrons. The first kappa shape index (κ1) is 24.5. The highest BCUT2D eigenvalue weighted by atomic mass is 19.4. The third-order valence-corrected chi connectivity index (χ3v) is 4.61. The minimum absolute atomic E-state index is 0.0193. The van der Waals surface area contributed by atoms with Crippen LogP contribution < -0.4 is 25.3 Å². The van der Waals surface area contributed by atoms with Crippen LogP contribution in [-0.2, 0) is 0 Å². The Kier molecular flexibility index (Phi) is 7.11. The van der Waals surface area contributed by atoms with E-state index in [0.717, 1.165) is 24.3 Å². The first-order chi connectivity index (χ1) is 19.3. The lowest BCUT2D eigenvalue weighted by Crippen LogP contribution is -2.17. The molecule has 3 aromatic rings. The topological polar surface area (TPSA) is 113 Å². The number of halogens is 4. The van der Waals surface area contributed by atoms with Gasteiger partial charge in [-0.3, -0.25) is 14.6 Å². The van der Waals surface area contributed by atoms with Gasteiger partial charge in [-0.1, -0.05) is 11.8 Å². The normalized spacial score (nSPS) is 12.6. The van der Waals surface area contributed by atoms with Crippen LogP contribution in [0.5, 0.6) is 23.0 Å². The summed E-state index contributed by atoms with van der Waals surface area (Å²) in [6.45, 7) is 5.40. The molecule has 0 fully saturated rings. The number of pyridine rings is 1. The van der Waals surface area contributed by atoms with Crippen molar-refractivity contribution in [1.29, 1.82) is 0 Å². The van der Waals surface area contributed by atoms with Crippen molar-refractivity contribution in [2.45, 2.75) is 27.1 Å². The molecule has 8 nitrogen and oxygen atoms in total. The van der Waals surface area contributed by atoms with Gasteiger partial charge in [-0.05, 0) is 57.2 Å². The molecule has 0 atom stereocenters. The fraction of sp³-hybridized carbons (Fsp3) is 0.222. The number of alkyl halides is 3. The number of hydrogen-bond acceptors (Lipinski definition) is 6. The lowest BCUT2D eigenvalue weighted by molar-refractivity contribution is -0.274. The highest BCUT2D eigenvalue weighted by Crippen LogP contribution is 2.38. The van der Waals surface area contributed by atoms with Gasteiger partial charge in [0.1, 0.15) is 28.6 Å². The zero-order valence-electron chi connectivity index (χ0n) is 23.7. The number of carbonyl (C=O) groups excluding carboxylic acids is 2. The standard InChI is InChI=1S/C27H23F4N3O5/c1-26(2,3)9-7-15-11-18(28)23(25(36)34-16-8-10-33-19(13-16)24(32)35)22(12-15)38-20-6-5-17(14-21(20)37-4)39-27(29,30)31/h5-6,8,10-14H,1-4H3,(H2,32,35)(H,33,34,36)/i4D3. The minimum atomic E-state index is -5.10. The smallest absolute Gasteiger partial charge is 0.493 e. The second-order valence-corrected chi connectivity index (χ2v) is 8.94. The molecule has 0 bridgehead atoms. The van der Waals surface area contributed by atoms with Gasteiger partial charge in [0.25, 0.3) is 11.8 Å². The molecule has 0 saturated carbocycles. The largest absolute Gasteiger partial charge is 0.573 e. The van der Waals surface area contributed by atoms with Gasteiger partial charge in [-0.2, -0.15) is 0 Å². The molecule has 0 aliphatic heterocycles. The quantitative estimate of drug-likeness (QED) is 0.291. The van der Waals surface area contributed by atoms with Crippen LogP contribution in [-0.4, -0.2) is 30.2 Å². The third kappa shape index (κ3) is 8.10. The van der Waals surface area contributed by atoms with E-state index in [1.807, 2.05) is 0 Å². The second-order valence-electron chi connectivity index (χ2n) is 8.94. The molecule has 0 spiro atoms. The average Bonchev–Trinajstić information content (AvgIpc) is 2.82. The Labute approximate surface area is 225 Å². The van der Waals surface area contributed by atoms with Crippen molar-refractivity contribution in [3.63, 3.8) is 0 Å². The van der Waals surface area contributed by atoms with E-state index in [1.165, 1.54) is 18.3 Å². The monoisotopic (exact) mass is 548 g/mol. The number of nitrogens with two attached hydrogens (primary N) is 1. The summed E-state index contributed by atoms with van der Waals surface area (Å²) >= 11 is 0. The summed E-state index contributed by atoms with van der Waals surface area (Å²) in [7, 11) is -3.14. The van der Waals surface area contributed by atoms with Gasteiger partial charge in [-0.15, -0.1) is 13.2 Å². The molecule has 2 aromatic carbocycles. The van der Waals surface area contributed by atoms with Crippen molar-refractivity contribution in [1.82, 2.24) is 4.98 Å². The molecule has 0 aliphatic rings. The zero-order chi connectivity index (χ0) is 31.5. The van der Waals surface area contributed by atoms with Gasteiger partial charge in [0, 0.05) is 28.9 Å². The first-order valence-corrected chi connectivity index (χ1v) is 11.0. The Balaban J connectivity index is 2.14. The minimum Gasteiger partial charge on any atom is -0.493 e. The molecule has 39 heavy (non-hydrogen) atoms. The van der Waals surface area contributed by atoms with Crippen molar-refractivity contribution in [3.05, 3.63) is 71.3 Å². The summed E-state index contributed by atoms with van der Waals surface area (Å²) < 4.78 is 90.1. The van der Waals surface area contributed by atoms with Crippen molar-refractivity contribution in [3.8, 4) is 34.8 Å². The van der Waals surface area contributed by atoms with Crippen molar-refractivity contribution < 1.29 is 45.5 Å². The number of carbonyl (C=O) groups is 2. The van der Waals surface area contributed by atoms with E-state index in [4.69, 9.17) is 19.3 Å². The number of methoxy groups -OCH3 is 1. The van der Waals surface area contributed by atoms with Crippen LogP contribution >= 0.6 is 0 Å². The van der Waals surface area contributed by atoms with E-state index >= 15 is 4.39 Å². The Morgan fingerprint density at radius 1 is 1.05 bits per heavy atom. The SMILES string of the molecule is [2H]C([2H])([2H])Oc1cc(OC(F)(F)F)ccc1Oc1cc(C#CC(C)(C)C)cc(F)c1C(=O)Nc1ccnc(C(N)=O)c1. The summed E-state index contributed by atoms with van der Waals surface area (Å²) in [5.41, 5.74) is 3.91. The van der Waals surface area contributed by atoms with Crippen molar-refractivity contribution in [2.75, 3.05) is 12.4 Å². The van der Waals surface area contributed by atoms with E-state index in [0.29, 0.717) is 6.07 Å². The van der Waals surface area contributed by atoms with Crippen LogP contribution in [0, 0.1) is 23.1 Å². The molecule has 0 radical (unpaired) electrons. The molecule has 0 saturated heterocycles. The van der Waals surface area contributed by atoms with Crippen LogP contribution in [0.3, 0.4) is 0 Å². The number of amides is 2. The number of benzene rings is 2. The predicted octanol–water partition coefficient (Wildman–Crippen LogP) is 5.67. The van der Waals surface area contributed by atoms with Gasteiger partial charge >= 0.3 is 6.36 Å². The van der Waals surface area contributed by atoms with Crippen LogP contribution in [0.1, 0.15) is 51.3 Å². The number of anilines is 1. The molecule has 0 aliphatic carbocycles. The molecule has 3 N–H and O–H groups in total. The van der Waals surface area contributed by atoms with Gasteiger partial charge in [0.15, 0.2) is 11.5 Å². The van der Waals surface area contributed by atoms with Crippen molar-refractivity contribution in [2.24, 2.45) is 11.1 Å². The Morgan fingerprint density at radius 3 is 2.44 bits per heavy atom. The van der Waals surface area contributed by atoms with E-state index in [2.05, 4.69) is 26.9 Å². The van der Waals surface area contributed by atoms with Crippen LogP contribution in [0.25, 0.3) is 0 Å². The van der Waals surface area contributed by atoms with Crippen LogP contribution in [0.2, 0.25) is 0 Å². The first-order valence-electron chi connectivity index (χ1n) is 12.5. The van der Waals surface area contributed by atoms with Gasteiger partial charge in [-0.25, -0.2) is 4.39 Å². The third-order valence-electron chi connectivity index (χ3n) is 4.61.